The van der Waals surface area contributed by atoms with Gasteiger partial charge in [-0.25, -0.2) is 13.1 Å². The van der Waals surface area contributed by atoms with E-state index in [1.807, 2.05) is 0 Å². The highest BCUT2D eigenvalue weighted by Crippen LogP contribution is 2.16. The molecule has 0 aliphatic heterocycles. The van der Waals surface area contributed by atoms with Crippen molar-refractivity contribution in [3.05, 3.63) is 59.1 Å². The number of carbonyl (C=O) groups is 1. The molecule has 0 unspecified atom stereocenters. The Morgan fingerprint density at radius 1 is 1.09 bits per heavy atom. The molecule has 2 aromatic carbocycles. The summed E-state index contributed by atoms with van der Waals surface area (Å²) in [6.07, 6.45) is 0. The molecule has 0 saturated heterocycles. The number of hydrogen-bond donors (Lipinski definition) is 2. The summed E-state index contributed by atoms with van der Waals surface area (Å²) >= 11 is 5.79. The zero-order chi connectivity index (χ0) is 17.0. The lowest BCUT2D eigenvalue weighted by atomic mass is 10.2. The van der Waals surface area contributed by atoms with Gasteiger partial charge in [-0.1, -0.05) is 17.7 Å². The fraction of sp³-hybridized carbons (Fsp3) is 0.188. The van der Waals surface area contributed by atoms with Crippen LogP contribution in [-0.4, -0.2) is 20.4 Å². The van der Waals surface area contributed by atoms with Crippen LogP contribution in [0.15, 0.2) is 53.4 Å². The maximum atomic E-state index is 12.2. The SMILES string of the molecule is CC(C)NS(=O)(=O)c1cccc(C(=O)Nc2ccc(Cl)cc2)c1. The average molecular weight is 353 g/mol. The minimum absolute atomic E-state index is 0.0509. The molecule has 23 heavy (non-hydrogen) atoms. The Morgan fingerprint density at radius 3 is 2.35 bits per heavy atom. The summed E-state index contributed by atoms with van der Waals surface area (Å²) in [7, 11) is -3.64. The Balaban J connectivity index is 2.22. The van der Waals surface area contributed by atoms with Gasteiger partial charge in [-0.05, 0) is 56.3 Å². The van der Waals surface area contributed by atoms with Crippen LogP contribution in [-0.2, 0) is 10.0 Å². The first kappa shape index (κ1) is 17.5. The Hall–Kier alpha value is -1.89. The van der Waals surface area contributed by atoms with Crippen LogP contribution in [0.5, 0.6) is 0 Å². The molecule has 0 heterocycles. The first-order valence-corrected chi connectivity index (χ1v) is 8.83. The molecule has 0 aliphatic carbocycles. The van der Waals surface area contributed by atoms with Gasteiger partial charge in [0.2, 0.25) is 10.0 Å². The standard InChI is InChI=1S/C16H17ClN2O3S/c1-11(2)19-23(21,22)15-5-3-4-12(10-15)16(20)18-14-8-6-13(17)7-9-14/h3-11,19H,1-2H3,(H,18,20). The lowest BCUT2D eigenvalue weighted by Crippen LogP contribution is -2.30. The second-order valence-electron chi connectivity index (χ2n) is 5.26. The van der Waals surface area contributed by atoms with Gasteiger partial charge in [0.1, 0.15) is 0 Å². The molecule has 0 fully saturated rings. The van der Waals surface area contributed by atoms with Gasteiger partial charge in [-0.15, -0.1) is 0 Å². The highest BCUT2D eigenvalue weighted by molar-refractivity contribution is 7.89. The number of nitrogens with one attached hydrogen (secondary N) is 2. The molecule has 2 rings (SSSR count). The molecule has 5 nitrogen and oxygen atoms in total. The summed E-state index contributed by atoms with van der Waals surface area (Å²) < 4.78 is 26.8. The zero-order valence-corrected chi connectivity index (χ0v) is 14.3. The Morgan fingerprint density at radius 2 is 1.74 bits per heavy atom. The number of benzene rings is 2. The predicted molar refractivity (Wildman–Crippen MR) is 91.3 cm³/mol. The van der Waals surface area contributed by atoms with Crippen molar-refractivity contribution < 1.29 is 13.2 Å². The molecule has 122 valence electrons. The van der Waals surface area contributed by atoms with E-state index in [9.17, 15) is 13.2 Å². The van der Waals surface area contributed by atoms with Crippen molar-refractivity contribution in [2.75, 3.05) is 5.32 Å². The van der Waals surface area contributed by atoms with E-state index in [-0.39, 0.29) is 16.5 Å². The van der Waals surface area contributed by atoms with E-state index in [2.05, 4.69) is 10.0 Å². The molecule has 0 aromatic heterocycles. The van der Waals surface area contributed by atoms with Crippen molar-refractivity contribution in [2.24, 2.45) is 0 Å². The van der Waals surface area contributed by atoms with Gasteiger partial charge in [-0.3, -0.25) is 4.79 Å². The van der Waals surface area contributed by atoms with E-state index >= 15 is 0 Å². The number of amides is 1. The first-order chi connectivity index (χ1) is 10.8. The molecular weight excluding hydrogens is 336 g/mol. The third-order valence-corrected chi connectivity index (χ3v) is 4.81. The van der Waals surface area contributed by atoms with Gasteiger partial charge in [0.15, 0.2) is 0 Å². The third kappa shape index (κ3) is 4.79. The number of rotatable bonds is 5. The van der Waals surface area contributed by atoms with Crippen molar-refractivity contribution in [2.45, 2.75) is 24.8 Å². The molecule has 2 aromatic rings. The largest absolute Gasteiger partial charge is 0.322 e. The average Bonchev–Trinajstić information content (AvgIpc) is 2.48. The second kappa shape index (κ2) is 7.12. The molecule has 0 radical (unpaired) electrons. The van der Waals surface area contributed by atoms with Crippen LogP contribution in [0.4, 0.5) is 5.69 Å². The molecule has 0 saturated carbocycles. The summed E-state index contributed by atoms with van der Waals surface area (Å²) in [5, 5.41) is 3.26. The van der Waals surface area contributed by atoms with Crippen LogP contribution in [0.2, 0.25) is 5.02 Å². The third-order valence-electron chi connectivity index (χ3n) is 2.90. The summed E-state index contributed by atoms with van der Waals surface area (Å²) in [5.41, 5.74) is 0.833. The van der Waals surface area contributed by atoms with E-state index in [1.165, 1.54) is 18.2 Å². The maximum Gasteiger partial charge on any atom is 0.255 e. The minimum Gasteiger partial charge on any atom is -0.322 e. The second-order valence-corrected chi connectivity index (χ2v) is 7.42. The van der Waals surface area contributed by atoms with Gasteiger partial charge < -0.3 is 5.32 Å². The Bertz CT molecular complexity index is 802. The van der Waals surface area contributed by atoms with Gasteiger partial charge in [0, 0.05) is 22.3 Å². The highest BCUT2D eigenvalue weighted by Gasteiger charge is 2.17. The minimum atomic E-state index is -3.64. The fourth-order valence-corrected chi connectivity index (χ4v) is 3.34. The van der Waals surface area contributed by atoms with Crippen LogP contribution in [0, 0.1) is 0 Å². The van der Waals surface area contributed by atoms with E-state index in [0.717, 1.165) is 0 Å². The number of anilines is 1. The van der Waals surface area contributed by atoms with Crippen LogP contribution in [0.25, 0.3) is 0 Å². The normalized spacial score (nSPS) is 11.5. The molecule has 0 aliphatic rings. The topological polar surface area (TPSA) is 75.3 Å². The van der Waals surface area contributed by atoms with Gasteiger partial charge in [0.25, 0.3) is 5.91 Å². The number of halogens is 1. The van der Waals surface area contributed by atoms with E-state index < -0.39 is 15.9 Å². The molecular formula is C16H17ClN2O3S. The van der Waals surface area contributed by atoms with Crippen LogP contribution in [0.3, 0.4) is 0 Å². The monoisotopic (exact) mass is 352 g/mol. The van der Waals surface area contributed by atoms with Crippen molar-refractivity contribution in [3.8, 4) is 0 Å². The molecule has 0 spiro atoms. The number of sulfonamides is 1. The fourth-order valence-electron chi connectivity index (χ4n) is 1.92. The highest BCUT2D eigenvalue weighted by atomic mass is 35.5. The van der Waals surface area contributed by atoms with Crippen molar-refractivity contribution in [1.29, 1.82) is 0 Å². The molecule has 0 atom stereocenters. The van der Waals surface area contributed by atoms with Crippen LogP contribution < -0.4 is 10.0 Å². The summed E-state index contributed by atoms with van der Waals surface area (Å²) in [6.45, 7) is 3.46. The maximum absolute atomic E-state index is 12.2. The summed E-state index contributed by atoms with van der Waals surface area (Å²) in [4.78, 5) is 12.3. The zero-order valence-electron chi connectivity index (χ0n) is 12.7. The first-order valence-electron chi connectivity index (χ1n) is 6.97. The number of hydrogen-bond acceptors (Lipinski definition) is 3. The van der Waals surface area contributed by atoms with Crippen molar-refractivity contribution in [1.82, 2.24) is 4.72 Å². The van der Waals surface area contributed by atoms with Gasteiger partial charge in [0.05, 0.1) is 4.90 Å². The van der Waals surface area contributed by atoms with Crippen LogP contribution >= 0.6 is 11.6 Å². The summed E-state index contributed by atoms with van der Waals surface area (Å²) in [6, 6.07) is 12.3. The lowest BCUT2D eigenvalue weighted by Gasteiger charge is -2.11. The Labute approximate surface area is 140 Å². The van der Waals surface area contributed by atoms with Gasteiger partial charge >= 0.3 is 0 Å². The summed E-state index contributed by atoms with van der Waals surface area (Å²) in [5.74, 6) is -0.395. The van der Waals surface area contributed by atoms with Crippen LogP contribution in [0.1, 0.15) is 24.2 Å². The number of carbonyl (C=O) groups excluding carboxylic acids is 1. The Kier molecular flexibility index (Phi) is 5.41. The van der Waals surface area contributed by atoms with Crippen molar-refractivity contribution >= 4 is 33.2 Å². The van der Waals surface area contributed by atoms with E-state index in [1.54, 1.807) is 44.2 Å². The smallest absolute Gasteiger partial charge is 0.255 e. The van der Waals surface area contributed by atoms with Gasteiger partial charge in [-0.2, -0.15) is 0 Å². The van der Waals surface area contributed by atoms with E-state index in [4.69, 9.17) is 11.6 Å². The molecule has 1 amide bonds. The molecule has 0 bridgehead atoms. The predicted octanol–water partition coefficient (Wildman–Crippen LogP) is 3.28. The van der Waals surface area contributed by atoms with E-state index in [0.29, 0.717) is 10.7 Å². The molecule has 7 heteroatoms. The van der Waals surface area contributed by atoms with Crippen molar-refractivity contribution in [3.63, 3.8) is 0 Å². The molecule has 2 N–H and O–H groups in total. The lowest BCUT2D eigenvalue weighted by molar-refractivity contribution is 0.102. The quantitative estimate of drug-likeness (QED) is 0.867.